The van der Waals surface area contributed by atoms with Gasteiger partial charge in [-0.2, -0.15) is 0 Å². The van der Waals surface area contributed by atoms with Crippen molar-refractivity contribution < 1.29 is 14.1 Å². The molecule has 1 saturated carbocycles. The first-order valence-corrected chi connectivity index (χ1v) is 8.11. The Morgan fingerprint density at radius 2 is 2.04 bits per heavy atom. The highest BCUT2D eigenvalue weighted by Crippen LogP contribution is 2.40. The van der Waals surface area contributed by atoms with Gasteiger partial charge in [-0.15, -0.1) is 0 Å². The zero-order chi connectivity index (χ0) is 15.9. The summed E-state index contributed by atoms with van der Waals surface area (Å²) in [7, 11) is 0. The summed E-state index contributed by atoms with van der Waals surface area (Å²) in [5.74, 6) is 0.243. The summed E-state index contributed by atoms with van der Waals surface area (Å²) >= 11 is 0. The minimum atomic E-state index is -0.119. The third-order valence-corrected chi connectivity index (χ3v) is 5.00. The second kappa shape index (κ2) is 5.49. The van der Waals surface area contributed by atoms with Crippen molar-refractivity contribution in [2.24, 2.45) is 0 Å². The first kappa shape index (κ1) is 14.5. The molecular formula is C18H20N2O3. The van der Waals surface area contributed by atoms with Gasteiger partial charge in [0.2, 0.25) is 5.76 Å². The molecule has 0 unspecified atom stereocenters. The monoisotopic (exact) mass is 312 g/mol. The van der Waals surface area contributed by atoms with E-state index in [0.29, 0.717) is 31.2 Å². The Bertz CT molecular complexity index is 716. The van der Waals surface area contributed by atoms with Gasteiger partial charge in [-0.1, -0.05) is 35.0 Å². The van der Waals surface area contributed by atoms with Crippen LogP contribution >= 0.6 is 0 Å². The Balaban J connectivity index is 1.58. The van der Waals surface area contributed by atoms with Crippen LogP contribution in [0.15, 0.2) is 34.9 Å². The molecule has 1 amide bonds. The van der Waals surface area contributed by atoms with Crippen LogP contribution in [0, 0.1) is 6.92 Å². The number of benzene rings is 1. The van der Waals surface area contributed by atoms with Gasteiger partial charge in [0.1, 0.15) is 5.69 Å². The first-order valence-electron chi connectivity index (χ1n) is 8.11. The minimum Gasteiger partial charge on any atom is -0.377 e. The molecule has 1 aromatic heterocycles. The number of carbonyl (C=O) groups is 1. The largest absolute Gasteiger partial charge is 0.377 e. The Kier molecular flexibility index (Phi) is 3.45. The number of aromatic nitrogens is 1. The van der Waals surface area contributed by atoms with E-state index in [9.17, 15) is 4.79 Å². The molecule has 120 valence electrons. The highest BCUT2D eigenvalue weighted by molar-refractivity contribution is 5.93. The highest BCUT2D eigenvalue weighted by Gasteiger charge is 2.47. The zero-order valence-electron chi connectivity index (χ0n) is 13.2. The number of nitrogens with zero attached hydrogens (tertiary/aromatic N) is 2. The molecule has 1 saturated heterocycles. The number of morpholine rings is 1. The van der Waals surface area contributed by atoms with Crippen molar-refractivity contribution in [3.05, 3.63) is 41.7 Å². The molecule has 2 aromatic rings. The fourth-order valence-electron chi connectivity index (χ4n) is 3.42. The maximum Gasteiger partial charge on any atom is 0.293 e. The van der Waals surface area contributed by atoms with Crippen LogP contribution in [0.25, 0.3) is 11.3 Å². The molecule has 1 spiro atoms. The lowest BCUT2D eigenvalue weighted by molar-refractivity contribution is -0.0887. The minimum absolute atomic E-state index is 0.0705. The van der Waals surface area contributed by atoms with Crippen LogP contribution in [0.3, 0.4) is 0 Å². The van der Waals surface area contributed by atoms with Crippen molar-refractivity contribution in [3.8, 4) is 11.3 Å². The van der Waals surface area contributed by atoms with E-state index in [-0.39, 0.29) is 11.4 Å². The van der Waals surface area contributed by atoms with Gasteiger partial charge in [0, 0.05) is 18.2 Å². The number of hydrogen-bond acceptors (Lipinski definition) is 4. The third kappa shape index (κ3) is 2.45. The molecule has 5 heteroatoms. The molecule has 2 heterocycles. The topological polar surface area (TPSA) is 55.6 Å². The molecule has 1 aliphatic carbocycles. The van der Waals surface area contributed by atoms with Gasteiger partial charge in [-0.05, 0) is 26.2 Å². The molecule has 1 aromatic carbocycles. The summed E-state index contributed by atoms with van der Waals surface area (Å²) in [6.07, 6.45) is 3.17. The molecule has 2 fully saturated rings. The smallest absolute Gasteiger partial charge is 0.293 e. The number of ether oxygens (including phenoxy) is 1. The highest BCUT2D eigenvalue weighted by atomic mass is 16.5. The van der Waals surface area contributed by atoms with E-state index in [1.807, 2.05) is 36.1 Å². The number of aryl methyl sites for hydroxylation is 1. The van der Waals surface area contributed by atoms with E-state index >= 15 is 0 Å². The van der Waals surface area contributed by atoms with Gasteiger partial charge < -0.3 is 14.2 Å². The molecular weight excluding hydrogens is 292 g/mol. The van der Waals surface area contributed by atoms with Crippen molar-refractivity contribution in [2.45, 2.75) is 31.7 Å². The lowest BCUT2D eigenvalue weighted by Crippen LogP contribution is -2.62. The van der Waals surface area contributed by atoms with Crippen LogP contribution in [0.2, 0.25) is 0 Å². The van der Waals surface area contributed by atoms with Gasteiger partial charge in [0.25, 0.3) is 5.91 Å². The summed E-state index contributed by atoms with van der Waals surface area (Å²) in [6.45, 7) is 3.89. The second-order valence-corrected chi connectivity index (χ2v) is 6.53. The van der Waals surface area contributed by atoms with Gasteiger partial charge >= 0.3 is 0 Å². The van der Waals surface area contributed by atoms with Crippen molar-refractivity contribution in [1.82, 2.24) is 10.1 Å². The zero-order valence-corrected chi connectivity index (χ0v) is 13.2. The number of amides is 1. The third-order valence-electron chi connectivity index (χ3n) is 5.00. The van der Waals surface area contributed by atoms with Gasteiger partial charge in [0.05, 0.1) is 18.8 Å². The number of rotatable bonds is 2. The van der Waals surface area contributed by atoms with E-state index in [1.54, 1.807) is 6.07 Å². The SMILES string of the molecule is Cc1ccc(-c2cc(C(=O)N3CCOCC34CCC4)on2)cc1. The summed E-state index contributed by atoms with van der Waals surface area (Å²) in [5, 5.41) is 4.07. The van der Waals surface area contributed by atoms with E-state index in [1.165, 1.54) is 5.56 Å². The van der Waals surface area contributed by atoms with Crippen LogP contribution in [-0.2, 0) is 4.74 Å². The molecule has 0 radical (unpaired) electrons. The Morgan fingerprint density at radius 1 is 1.26 bits per heavy atom. The number of hydrogen-bond donors (Lipinski definition) is 0. The normalized spacial score (nSPS) is 19.6. The first-order chi connectivity index (χ1) is 11.2. The van der Waals surface area contributed by atoms with Crippen molar-refractivity contribution in [1.29, 1.82) is 0 Å². The average molecular weight is 312 g/mol. The molecule has 23 heavy (non-hydrogen) atoms. The maximum atomic E-state index is 12.8. The van der Waals surface area contributed by atoms with Crippen LogP contribution < -0.4 is 0 Å². The molecule has 0 atom stereocenters. The van der Waals surface area contributed by atoms with Crippen LogP contribution in [-0.4, -0.2) is 41.3 Å². The van der Waals surface area contributed by atoms with E-state index in [0.717, 1.165) is 24.8 Å². The van der Waals surface area contributed by atoms with E-state index in [2.05, 4.69) is 5.16 Å². The molecule has 4 rings (SSSR count). The fraction of sp³-hybridized carbons (Fsp3) is 0.444. The maximum absolute atomic E-state index is 12.8. The van der Waals surface area contributed by atoms with Crippen LogP contribution in [0.1, 0.15) is 35.4 Å². The van der Waals surface area contributed by atoms with Crippen LogP contribution in [0.4, 0.5) is 0 Å². The predicted molar refractivity (Wildman–Crippen MR) is 85.1 cm³/mol. The standard InChI is InChI=1S/C18H20N2O3/c1-13-3-5-14(6-4-13)15-11-16(23-19-15)17(21)20-9-10-22-12-18(20)7-2-8-18/h3-6,11H,2,7-10,12H2,1H3. The van der Waals surface area contributed by atoms with Crippen molar-refractivity contribution in [2.75, 3.05) is 19.8 Å². The summed E-state index contributed by atoms with van der Waals surface area (Å²) in [5.41, 5.74) is 2.73. The van der Waals surface area contributed by atoms with E-state index in [4.69, 9.17) is 9.26 Å². The Labute approximate surface area is 135 Å². The molecule has 1 aliphatic heterocycles. The summed E-state index contributed by atoms with van der Waals surface area (Å²) < 4.78 is 10.9. The lowest BCUT2D eigenvalue weighted by Gasteiger charge is -2.52. The predicted octanol–water partition coefficient (Wildman–Crippen LogP) is 3.05. The van der Waals surface area contributed by atoms with Crippen molar-refractivity contribution in [3.63, 3.8) is 0 Å². The second-order valence-electron chi connectivity index (χ2n) is 6.53. The van der Waals surface area contributed by atoms with E-state index < -0.39 is 0 Å². The van der Waals surface area contributed by atoms with Gasteiger partial charge in [-0.25, -0.2) is 0 Å². The molecule has 0 bridgehead atoms. The molecule has 2 aliphatic rings. The quantitative estimate of drug-likeness (QED) is 0.855. The summed E-state index contributed by atoms with van der Waals surface area (Å²) in [6, 6.07) is 9.77. The van der Waals surface area contributed by atoms with Gasteiger partial charge in [-0.3, -0.25) is 4.79 Å². The van der Waals surface area contributed by atoms with Crippen molar-refractivity contribution >= 4 is 5.91 Å². The van der Waals surface area contributed by atoms with Gasteiger partial charge in [0.15, 0.2) is 0 Å². The number of carbonyl (C=O) groups excluding carboxylic acids is 1. The lowest BCUT2D eigenvalue weighted by atomic mass is 9.75. The Hall–Kier alpha value is -2.14. The molecule has 5 nitrogen and oxygen atoms in total. The molecule has 0 N–H and O–H groups in total. The summed E-state index contributed by atoms with van der Waals surface area (Å²) in [4.78, 5) is 14.8. The Morgan fingerprint density at radius 3 is 2.74 bits per heavy atom. The average Bonchev–Trinajstić information content (AvgIpc) is 3.03. The van der Waals surface area contributed by atoms with Crippen LogP contribution in [0.5, 0.6) is 0 Å². The fourth-order valence-corrected chi connectivity index (χ4v) is 3.42.